The molecule has 0 saturated heterocycles. The second kappa shape index (κ2) is 5.41. The number of nitrogens with one attached hydrogen (secondary N) is 1. The lowest BCUT2D eigenvalue weighted by Crippen LogP contribution is -2.24. The van der Waals surface area contributed by atoms with Crippen molar-refractivity contribution < 1.29 is 13.2 Å². The molecule has 102 valence electrons. The van der Waals surface area contributed by atoms with Crippen LogP contribution in [0, 0.1) is 0 Å². The fourth-order valence-electron chi connectivity index (χ4n) is 1.47. The third-order valence-corrected chi connectivity index (χ3v) is 2.21. The molecule has 7 heteroatoms. The van der Waals surface area contributed by atoms with E-state index >= 15 is 0 Å². The first-order chi connectivity index (χ1) is 8.17. The van der Waals surface area contributed by atoms with Crippen molar-refractivity contribution in [3.05, 3.63) is 11.9 Å². The molecule has 1 unspecified atom stereocenters. The first-order valence-corrected chi connectivity index (χ1v) is 5.65. The van der Waals surface area contributed by atoms with Crippen LogP contribution >= 0.6 is 0 Å². The molecule has 0 saturated carbocycles. The van der Waals surface area contributed by atoms with E-state index in [4.69, 9.17) is 5.73 Å². The van der Waals surface area contributed by atoms with Crippen molar-refractivity contribution in [2.75, 3.05) is 11.1 Å². The average molecular weight is 262 g/mol. The maximum absolute atomic E-state index is 12.2. The molecule has 0 radical (unpaired) electrons. The van der Waals surface area contributed by atoms with Crippen LogP contribution in [-0.4, -0.2) is 22.2 Å². The van der Waals surface area contributed by atoms with Crippen molar-refractivity contribution in [1.82, 2.24) is 9.97 Å². The summed E-state index contributed by atoms with van der Waals surface area (Å²) in [6.07, 6.45) is -5.13. The van der Waals surface area contributed by atoms with Crippen LogP contribution in [-0.2, 0) is 0 Å². The molecular formula is C11H17F3N4. The van der Waals surface area contributed by atoms with Crippen molar-refractivity contribution in [3.63, 3.8) is 0 Å². The fourth-order valence-corrected chi connectivity index (χ4v) is 1.47. The summed E-state index contributed by atoms with van der Waals surface area (Å²) in [4.78, 5) is 8.15. The number of nitrogen functional groups attached to an aromatic ring is 1. The first-order valence-electron chi connectivity index (χ1n) is 5.65. The lowest BCUT2D eigenvalue weighted by Gasteiger charge is -2.17. The normalized spacial score (nSPS) is 13.7. The van der Waals surface area contributed by atoms with Gasteiger partial charge in [0.1, 0.15) is 17.5 Å². The number of hydrogen-bond donors (Lipinski definition) is 2. The second-order valence-corrected chi connectivity index (χ2v) is 4.56. The predicted octanol–water partition coefficient (Wildman–Crippen LogP) is 2.94. The summed E-state index contributed by atoms with van der Waals surface area (Å²) in [6.45, 7) is 5.22. The average Bonchev–Trinajstić information content (AvgIpc) is 2.12. The van der Waals surface area contributed by atoms with Crippen molar-refractivity contribution >= 4 is 11.6 Å². The molecule has 0 aliphatic rings. The maximum Gasteiger partial charge on any atom is 0.391 e. The molecule has 18 heavy (non-hydrogen) atoms. The Hall–Kier alpha value is -1.53. The van der Waals surface area contributed by atoms with Gasteiger partial charge in [-0.05, 0) is 6.92 Å². The lowest BCUT2D eigenvalue weighted by molar-refractivity contribution is -0.136. The van der Waals surface area contributed by atoms with E-state index in [1.807, 2.05) is 13.8 Å². The largest absolute Gasteiger partial charge is 0.391 e. The Kier molecular flexibility index (Phi) is 4.37. The van der Waals surface area contributed by atoms with Gasteiger partial charge in [-0.25, -0.2) is 9.97 Å². The number of rotatable bonds is 4. The van der Waals surface area contributed by atoms with Gasteiger partial charge in [-0.15, -0.1) is 0 Å². The highest BCUT2D eigenvalue weighted by atomic mass is 19.4. The summed E-state index contributed by atoms with van der Waals surface area (Å²) in [5, 5.41) is 2.68. The zero-order valence-corrected chi connectivity index (χ0v) is 10.5. The third kappa shape index (κ3) is 4.77. The summed E-state index contributed by atoms with van der Waals surface area (Å²) in [6, 6.07) is 0.665. The minimum absolute atomic E-state index is 0.0620. The number of nitrogens with zero attached hydrogens (tertiary/aromatic N) is 2. The van der Waals surface area contributed by atoms with Crippen LogP contribution in [0.4, 0.5) is 24.8 Å². The number of halogens is 3. The lowest BCUT2D eigenvalue weighted by atomic mass is 10.2. The summed E-state index contributed by atoms with van der Waals surface area (Å²) in [7, 11) is 0. The minimum Gasteiger partial charge on any atom is -0.384 e. The topological polar surface area (TPSA) is 63.8 Å². The zero-order valence-electron chi connectivity index (χ0n) is 10.5. The highest BCUT2D eigenvalue weighted by Gasteiger charge is 2.30. The maximum atomic E-state index is 12.2. The quantitative estimate of drug-likeness (QED) is 0.875. The number of hydrogen-bond acceptors (Lipinski definition) is 4. The van der Waals surface area contributed by atoms with Gasteiger partial charge in [0.25, 0.3) is 0 Å². The highest BCUT2D eigenvalue weighted by molar-refractivity contribution is 5.45. The van der Waals surface area contributed by atoms with Gasteiger partial charge < -0.3 is 11.1 Å². The van der Waals surface area contributed by atoms with Gasteiger partial charge in [-0.1, -0.05) is 13.8 Å². The van der Waals surface area contributed by atoms with E-state index < -0.39 is 18.6 Å². The summed E-state index contributed by atoms with van der Waals surface area (Å²) < 4.78 is 36.6. The number of nitrogens with two attached hydrogens (primary N) is 1. The molecule has 1 aromatic rings. The predicted molar refractivity (Wildman–Crippen MR) is 64.3 cm³/mol. The molecule has 3 N–H and O–H groups in total. The van der Waals surface area contributed by atoms with E-state index in [0.29, 0.717) is 11.6 Å². The Bertz CT molecular complexity index is 404. The zero-order chi connectivity index (χ0) is 13.9. The van der Waals surface area contributed by atoms with Gasteiger partial charge in [0.15, 0.2) is 0 Å². The Morgan fingerprint density at radius 1 is 1.28 bits per heavy atom. The summed E-state index contributed by atoms with van der Waals surface area (Å²) in [5.74, 6) is 1.14. The fraction of sp³-hybridized carbons (Fsp3) is 0.636. The molecule has 0 bridgehead atoms. The molecule has 1 heterocycles. The number of anilines is 2. The SMILES string of the molecule is CC(CC(F)(F)F)Nc1cc(N)nc(C(C)C)n1. The molecule has 0 aliphatic heterocycles. The third-order valence-electron chi connectivity index (χ3n) is 2.21. The van der Waals surface area contributed by atoms with Crippen LogP contribution in [0.15, 0.2) is 6.07 Å². The Labute approximate surface area is 104 Å². The molecule has 1 rings (SSSR count). The van der Waals surface area contributed by atoms with Crippen molar-refractivity contribution in [2.24, 2.45) is 0 Å². The van der Waals surface area contributed by atoms with Crippen LogP contribution in [0.2, 0.25) is 0 Å². The first kappa shape index (κ1) is 14.5. The van der Waals surface area contributed by atoms with Crippen molar-refractivity contribution in [3.8, 4) is 0 Å². The number of alkyl halides is 3. The molecule has 4 nitrogen and oxygen atoms in total. The molecule has 1 aromatic heterocycles. The van der Waals surface area contributed by atoms with E-state index in [1.54, 1.807) is 0 Å². The van der Waals surface area contributed by atoms with Gasteiger partial charge in [0.2, 0.25) is 0 Å². The van der Waals surface area contributed by atoms with Gasteiger partial charge in [-0.2, -0.15) is 13.2 Å². The Balaban J connectivity index is 2.78. The van der Waals surface area contributed by atoms with Gasteiger partial charge in [0, 0.05) is 18.0 Å². The van der Waals surface area contributed by atoms with E-state index in [9.17, 15) is 13.2 Å². The molecule has 0 fully saturated rings. The van der Waals surface area contributed by atoms with Crippen LogP contribution in [0.1, 0.15) is 38.9 Å². The van der Waals surface area contributed by atoms with Gasteiger partial charge in [0.05, 0.1) is 6.42 Å². The van der Waals surface area contributed by atoms with Crippen LogP contribution in [0.3, 0.4) is 0 Å². The molecule has 1 atom stereocenters. The van der Waals surface area contributed by atoms with E-state index in [2.05, 4.69) is 15.3 Å². The molecule has 0 amide bonds. The van der Waals surface area contributed by atoms with Crippen LogP contribution in [0.25, 0.3) is 0 Å². The number of aromatic nitrogens is 2. The van der Waals surface area contributed by atoms with Crippen LogP contribution < -0.4 is 11.1 Å². The Morgan fingerprint density at radius 3 is 2.39 bits per heavy atom. The summed E-state index contributed by atoms with van der Waals surface area (Å²) in [5.41, 5.74) is 5.59. The standard InChI is InChI=1S/C11H17F3N4/c1-6(2)10-17-8(15)4-9(18-10)16-7(3)5-11(12,13)14/h4,6-7H,5H2,1-3H3,(H3,15,16,17,18). The van der Waals surface area contributed by atoms with Gasteiger partial charge in [-0.3, -0.25) is 0 Å². The van der Waals surface area contributed by atoms with E-state index in [1.165, 1.54) is 13.0 Å². The molecule has 0 aromatic carbocycles. The Morgan fingerprint density at radius 2 is 1.89 bits per heavy atom. The molecular weight excluding hydrogens is 245 g/mol. The molecule has 0 aliphatic carbocycles. The second-order valence-electron chi connectivity index (χ2n) is 4.56. The van der Waals surface area contributed by atoms with Crippen molar-refractivity contribution in [1.29, 1.82) is 0 Å². The smallest absolute Gasteiger partial charge is 0.384 e. The molecule has 0 spiro atoms. The van der Waals surface area contributed by atoms with Gasteiger partial charge >= 0.3 is 6.18 Å². The summed E-state index contributed by atoms with van der Waals surface area (Å²) >= 11 is 0. The van der Waals surface area contributed by atoms with E-state index in [-0.39, 0.29) is 11.7 Å². The highest BCUT2D eigenvalue weighted by Crippen LogP contribution is 2.23. The van der Waals surface area contributed by atoms with Crippen molar-refractivity contribution in [2.45, 2.75) is 45.3 Å². The minimum atomic E-state index is -4.20. The van der Waals surface area contributed by atoms with E-state index in [0.717, 1.165) is 0 Å². The van der Waals surface area contributed by atoms with Crippen LogP contribution in [0.5, 0.6) is 0 Å². The monoisotopic (exact) mass is 262 g/mol.